The summed E-state index contributed by atoms with van der Waals surface area (Å²) in [5, 5.41) is 32.5. The third kappa shape index (κ3) is 2.63. The van der Waals surface area contributed by atoms with Crippen molar-refractivity contribution in [3.05, 3.63) is 24.2 Å². The molecule has 0 amide bonds. The van der Waals surface area contributed by atoms with Gasteiger partial charge in [0.25, 0.3) is 0 Å². The fourth-order valence-electron chi connectivity index (χ4n) is 5.97. The predicted molar refractivity (Wildman–Crippen MR) is 93.0 cm³/mol. The molecular formula is C20H30O5. The van der Waals surface area contributed by atoms with E-state index in [4.69, 9.17) is 4.42 Å². The molecule has 0 spiro atoms. The largest absolute Gasteiger partial charge is 0.481 e. The van der Waals surface area contributed by atoms with Crippen molar-refractivity contribution in [1.82, 2.24) is 0 Å². The lowest BCUT2D eigenvalue weighted by molar-refractivity contribution is -0.248. The van der Waals surface area contributed by atoms with Crippen molar-refractivity contribution < 1.29 is 24.5 Å². The molecule has 1 heterocycles. The Morgan fingerprint density at radius 2 is 2.08 bits per heavy atom. The van der Waals surface area contributed by atoms with Crippen molar-refractivity contribution in [2.75, 3.05) is 0 Å². The summed E-state index contributed by atoms with van der Waals surface area (Å²) in [6.45, 7) is 5.71. The van der Waals surface area contributed by atoms with Crippen LogP contribution in [0.4, 0.5) is 0 Å². The average Bonchev–Trinajstić information content (AvgIpc) is 3.04. The van der Waals surface area contributed by atoms with Crippen molar-refractivity contribution in [2.24, 2.45) is 22.7 Å². The molecule has 0 bridgehead atoms. The number of rotatable bonds is 4. The lowest BCUT2D eigenvalue weighted by atomic mass is 9.43. The van der Waals surface area contributed by atoms with Crippen LogP contribution in [0, 0.1) is 22.7 Å². The van der Waals surface area contributed by atoms with Crippen LogP contribution in [0.2, 0.25) is 0 Å². The number of hydrogen-bond acceptors (Lipinski definition) is 4. The summed E-state index contributed by atoms with van der Waals surface area (Å²) >= 11 is 0. The zero-order valence-corrected chi connectivity index (χ0v) is 15.4. The van der Waals surface area contributed by atoms with Crippen molar-refractivity contribution in [3.63, 3.8) is 0 Å². The first kappa shape index (κ1) is 18.5. The smallest absolute Gasteiger partial charge is 0.309 e. The Morgan fingerprint density at radius 3 is 2.68 bits per heavy atom. The Kier molecular flexibility index (Phi) is 4.53. The second-order valence-corrected chi connectivity index (χ2v) is 8.73. The van der Waals surface area contributed by atoms with Gasteiger partial charge >= 0.3 is 5.97 Å². The highest BCUT2D eigenvalue weighted by Gasteiger charge is 2.66. The zero-order chi connectivity index (χ0) is 18.5. The van der Waals surface area contributed by atoms with Gasteiger partial charge in [-0.2, -0.15) is 0 Å². The van der Waals surface area contributed by atoms with Crippen LogP contribution in [-0.4, -0.2) is 33.0 Å². The maximum atomic E-state index is 12.1. The minimum Gasteiger partial charge on any atom is -0.481 e. The number of carboxylic acid groups (broad SMARTS) is 1. The average molecular weight is 350 g/mol. The van der Waals surface area contributed by atoms with Crippen LogP contribution < -0.4 is 0 Å². The summed E-state index contributed by atoms with van der Waals surface area (Å²) in [4.78, 5) is 12.1. The fraction of sp³-hybridized carbons (Fsp3) is 0.750. The van der Waals surface area contributed by atoms with E-state index in [9.17, 15) is 20.1 Å². The van der Waals surface area contributed by atoms with Gasteiger partial charge in [-0.25, -0.2) is 0 Å². The van der Waals surface area contributed by atoms with Crippen molar-refractivity contribution in [2.45, 2.75) is 71.0 Å². The Hall–Kier alpha value is -1.33. The van der Waals surface area contributed by atoms with E-state index in [-0.39, 0.29) is 5.92 Å². The first-order valence-electron chi connectivity index (χ1n) is 9.30. The molecule has 0 aliphatic heterocycles. The molecule has 2 saturated carbocycles. The van der Waals surface area contributed by atoms with Crippen LogP contribution >= 0.6 is 0 Å². The number of carbonyl (C=O) groups is 1. The quantitative estimate of drug-likeness (QED) is 0.775. The maximum Gasteiger partial charge on any atom is 0.309 e. The summed E-state index contributed by atoms with van der Waals surface area (Å²) in [6.07, 6.45) is 6.32. The van der Waals surface area contributed by atoms with Crippen LogP contribution in [0.5, 0.6) is 0 Å². The maximum absolute atomic E-state index is 12.1. The molecule has 2 aliphatic rings. The number of carboxylic acids is 1. The molecule has 6 unspecified atom stereocenters. The zero-order valence-electron chi connectivity index (χ0n) is 15.4. The van der Waals surface area contributed by atoms with Crippen LogP contribution in [-0.2, 0) is 11.2 Å². The molecule has 25 heavy (non-hydrogen) atoms. The molecule has 0 saturated heterocycles. The highest BCUT2D eigenvalue weighted by molar-refractivity contribution is 5.75. The fourth-order valence-corrected chi connectivity index (χ4v) is 5.97. The normalized spacial score (nSPS) is 44.3. The summed E-state index contributed by atoms with van der Waals surface area (Å²) in [5.74, 6) is -1.40. The number of aliphatic carboxylic acids is 1. The molecule has 3 N–H and O–H groups in total. The van der Waals surface area contributed by atoms with Gasteiger partial charge in [-0.1, -0.05) is 20.3 Å². The van der Waals surface area contributed by atoms with E-state index < -0.39 is 34.4 Å². The van der Waals surface area contributed by atoms with Gasteiger partial charge in [-0.3, -0.25) is 4.79 Å². The number of aryl methyl sites for hydroxylation is 1. The van der Waals surface area contributed by atoms with Crippen LogP contribution in [0.3, 0.4) is 0 Å². The van der Waals surface area contributed by atoms with E-state index in [0.29, 0.717) is 25.7 Å². The summed E-state index contributed by atoms with van der Waals surface area (Å²) < 4.78 is 5.13. The molecule has 140 valence electrons. The Bertz CT molecular complexity index is 626. The first-order valence-corrected chi connectivity index (χ1v) is 9.30. The van der Waals surface area contributed by atoms with Gasteiger partial charge in [-0.15, -0.1) is 0 Å². The second-order valence-electron chi connectivity index (χ2n) is 8.73. The molecule has 0 aromatic carbocycles. The number of aliphatic hydroxyl groups excluding tert-OH is 1. The SMILES string of the molecule is CC1CC(O)C2C(C)(C(=O)O)CCCC2(C)C1(O)CCc1ccoc1. The van der Waals surface area contributed by atoms with E-state index in [1.54, 1.807) is 19.5 Å². The number of furan rings is 1. The lowest BCUT2D eigenvalue weighted by Crippen LogP contribution is -2.68. The highest BCUT2D eigenvalue weighted by Crippen LogP contribution is 2.63. The van der Waals surface area contributed by atoms with Crippen LogP contribution in [0.1, 0.15) is 58.4 Å². The van der Waals surface area contributed by atoms with Gasteiger partial charge in [0.15, 0.2) is 0 Å². The molecular weight excluding hydrogens is 320 g/mol. The van der Waals surface area contributed by atoms with Gasteiger partial charge < -0.3 is 19.7 Å². The van der Waals surface area contributed by atoms with E-state index >= 15 is 0 Å². The van der Waals surface area contributed by atoms with Crippen molar-refractivity contribution in [1.29, 1.82) is 0 Å². The van der Waals surface area contributed by atoms with Crippen molar-refractivity contribution >= 4 is 5.97 Å². The molecule has 3 rings (SSSR count). The number of aliphatic hydroxyl groups is 2. The minimum absolute atomic E-state index is 0.0909. The van der Waals surface area contributed by atoms with Gasteiger partial charge in [0.1, 0.15) is 0 Å². The van der Waals surface area contributed by atoms with E-state index in [1.165, 1.54) is 0 Å². The standard InChI is InChI=1S/C20H30O5/c1-13-11-15(21)16-18(2,17(22)23)7-4-8-19(16,3)20(13,24)9-5-14-6-10-25-12-14/h6,10,12-13,15-16,21,24H,4-5,7-9,11H2,1-3H3,(H,22,23). The Balaban J connectivity index is 1.98. The van der Waals surface area contributed by atoms with E-state index in [0.717, 1.165) is 18.4 Å². The number of fused-ring (bicyclic) bond motifs is 1. The first-order chi connectivity index (χ1) is 11.6. The third-order valence-corrected chi connectivity index (χ3v) is 7.41. The van der Waals surface area contributed by atoms with Gasteiger partial charge in [0, 0.05) is 11.3 Å². The lowest BCUT2D eigenvalue weighted by Gasteiger charge is -2.63. The highest BCUT2D eigenvalue weighted by atomic mass is 16.4. The second kappa shape index (κ2) is 6.13. The van der Waals surface area contributed by atoms with Crippen LogP contribution in [0.25, 0.3) is 0 Å². The molecule has 0 radical (unpaired) electrons. The van der Waals surface area contributed by atoms with Gasteiger partial charge in [0.05, 0.1) is 29.6 Å². The van der Waals surface area contributed by atoms with Gasteiger partial charge in [0.2, 0.25) is 0 Å². The molecule has 1 aromatic rings. The van der Waals surface area contributed by atoms with E-state index in [1.807, 2.05) is 19.9 Å². The summed E-state index contributed by atoms with van der Waals surface area (Å²) in [5.41, 5.74) is -1.61. The molecule has 5 heteroatoms. The molecule has 2 fully saturated rings. The third-order valence-electron chi connectivity index (χ3n) is 7.41. The molecule has 2 aliphatic carbocycles. The topological polar surface area (TPSA) is 90.9 Å². The summed E-state index contributed by atoms with van der Waals surface area (Å²) in [6, 6.07) is 1.90. The summed E-state index contributed by atoms with van der Waals surface area (Å²) in [7, 11) is 0. The van der Waals surface area contributed by atoms with Crippen molar-refractivity contribution in [3.8, 4) is 0 Å². The number of hydrogen-bond donors (Lipinski definition) is 3. The molecule has 6 atom stereocenters. The Labute approximate surface area is 149 Å². The molecule has 1 aromatic heterocycles. The van der Waals surface area contributed by atoms with Gasteiger partial charge in [-0.05, 0) is 56.6 Å². The molecule has 5 nitrogen and oxygen atoms in total. The minimum atomic E-state index is -1.01. The van der Waals surface area contributed by atoms with Crippen LogP contribution in [0.15, 0.2) is 23.0 Å². The Morgan fingerprint density at radius 1 is 1.36 bits per heavy atom. The monoisotopic (exact) mass is 350 g/mol. The van der Waals surface area contributed by atoms with E-state index in [2.05, 4.69) is 0 Å². The predicted octanol–water partition coefficient (Wildman–Crippen LogP) is 3.24.